The number of benzene rings is 1. The zero-order valence-electron chi connectivity index (χ0n) is 19.8. The van der Waals surface area contributed by atoms with Crippen LogP contribution in [-0.2, 0) is 28.7 Å². The standard InChI is InChI=1S/C24H29N7O3/c1-15-13-33-10-9-31(15)22-19-14-34-24(2,3)20(19)28-21(29-22)16-5-7-17(8-6-16)26-23(32)27-18-11-25-30(4)12-18/h5-8,11-12,15H,9-10,13-14H2,1-4H3,(H2,26,27,32). The fraction of sp³-hybridized carbons (Fsp3) is 0.417. The van der Waals surface area contributed by atoms with E-state index in [4.69, 9.17) is 19.4 Å². The van der Waals surface area contributed by atoms with E-state index in [0.717, 1.165) is 29.2 Å². The monoisotopic (exact) mass is 463 g/mol. The second kappa shape index (κ2) is 8.69. The Labute approximate surface area is 198 Å². The van der Waals surface area contributed by atoms with Gasteiger partial charge in [0.2, 0.25) is 0 Å². The van der Waals surface area contributed by atoms with E-state index in [1.165, 1.54) is 0 Å². The van der Waals surface area contributed by atoms with Gasteiger partial charge in [-0.25, -0.2) is 14.8 Å². The van der Waals surface area contributed by atoms with Gasteiger partial charge in [-0.3, -0.25) is 4.68 Å². The Kier molecular flexibility index (Phi) is 5.70. The summed E-state index contributed by atoms with van der Waals surface area (Å²) in [5.41, 5.74) is 3.64. The molecule has 3 aromatic rings. The van der Waals surface area contributed by atoms with Crippen LogP contribution in [0, 0.1) is 0 Å². The van der Waals surface area contributed by atoms with Gasteiger partial charge >= 0.3 is 6.03 Å². The van der Waals surface area contributed by atoms with Crippen molar-refractivity contribution in [3.8, 4) is 11.4 Å². The highest BCUT2D eigenvalue weighted by molar-refractivity contribution is 5.99. The summed E-state index contributed by atoms with van der Waals surface area (Å²) in [6.07, 6.45) is 3.32. The molecule has 1 unspecified atom stereocenters. The van der Waals surface area contributed by atoms with Crippen LogP contribution in [0.3, 0.4) is 0 Å². The number of nitrogens with one attached hydrogen (secondary N) is 2. The molecule has 1 fully saturated rings. The minimum Gasteiger partial charge on any atom is -0.377 e. The van der Waals surface area contributed by atoms with Gasteiger partial charge in [0.05, 0.1) is 43.4 Å². The summed E-state index contributed by atoms with van der Waals surface area (Å²) in [6.45, 7) is 8.83. The van der Waals surface area contributed by atoms with Crippen molar-refractivity contribution in [1.82, 2.24) is 19.7 Å². The molecule has 178 valence electrons. The number of carbonyl (C=O) groups is 1. The van der Waals surface area contributed by atoms with Crippen LogP contribution < -0.4 is 15.5 Å². The number of aryl methyl sites for hydroxylation is 1. The Bertz CT molecular complexity index is 1210. The summed E-state index contributed by atoms with van der Waals surface area (Å²) >= 11 is 0. The van der Waals surface area contributed by atoms with Crippen molar-refractivity contribution in [2.45, 2.75) is 39.0 Å². The number of nitrogens with zero attached hydrogens (tertiary/aromatic N) is 5. The van der Waals surface area contributed by atoms with Crippen molar-refractivity contribution < 1.29 is 14.3 Å². The molecule has 34 heavy (non-hydrogen) atoms. The normalized spacial score (nSPS) is 19.1. The molecule has 2 aliphatic heterocycles. The van der Waals surface area contributed by atoms with Crippen LogP contribution in [0.5, 0.6) is 0 Å². The van der Waals surface area contributed by atoms with E-state index in [1.807, 2.05) is 38.1 Å². The SMILES string of the molecule is CC1COCCN1c1nc(-c2ccc(NC(=O)Nc3cnn(C)c3)cc2)nc2c1COC2(C)C. The molecule has 10 nitrogen and oxygen atoms in total. The summed E-state index contributed by atoms with van der Waals surface area (Å²) in [5, 5.41) is 9.63. The first-order valence-electron chi connectivity index (χ1n) is 11.4. The number of fused-ring (bicyclic) bond motifs is 1. The molecule has 0 spiro atoms. The largest absolute Gasteiger partial charge is 0.377 e. The first-order valence-corrected chi connectivity index (χ1v) is 11.4. The number of hydrogen-bond donors (Lipinski definition) is 2. The smallest absolute Gasteiger partial charge is 0.323 e. The number of anilines is 3. The molecule has 0 radical (unpaired) electrons. The number of aromatic nitrogens is 4. The van der Waals surface area contributed by atoms with Crippen LogP contribution in [0.15, 0.2) is 36.7 Å². The van der Waals surface area contributed by atoms with E-state index >= 15 is 0 Å². The zero-order chi connectivity index (χ0) is 23.9. The first-order chi connectivity index (χ1) is 16.3. The van der Waals surface area contributed by atoms with Gasteiger partial charge in [-0.2, -0.15) is 5.10 Å². The van der Waals surface area contributed by atoms with Crippen molar-refractivity contribution in [1.29, 1.82) is 0 Å². The molecule has 1 aromatic carbocycles. The van der Waals surface area contributed by atoms with E-state index in [-0.39, 0.29) is 12.1 Å². The van der Waals surface area contributed by atoms with Crippen molar-refractivity contribution >= 4 is 23.2 Å². The van der Waals surface area contributed by atoms with Gasteiger partial charge in [0.25, 0.3) is 0 Å². The molecule has 2 amide bonds. The van der Waals surface area contributed by atoms with Crippen LogP contribution in [0.25, 0.3) is 11.4 Å². The van der Waals surface area contributed by atoms with Crippen molar-refractivity contribution in [3.63, 3.8) is 0 Å². The van der Waals surface area contributed by atoms with Crippen LogP contribution in [0.1, 0.15) is 32.0 Å². The molecule has 0 saturated carbocycles. The summed E-state index contributed by atoms with van der Waals surface area (Å²) < 4.78 is 13.3. The number of morpholine rings is 1. The van der Waals surface area contributed by atoms with E-state index < -0.39 is 5.60 Å². The van der Waals surface area contributed by atoms with E-state index in [0.29, 0.717) is 37.0 Å². The highest BCUT2D eigenvalue weighted by Crippen LogP contribution is 2.40. The van der Waals surface area contributed by atoms with Gasteiger partial charge < -0.3 is 25.0 Å². The number of amides is 2. The summed E-state index contributed by atoms with van der Waals surface area (Å²) in [7, 11) is 1.79. The number of rotatable bonds is 4. The van der Waals surface area contributed by atoms with E-state index in [2.05, 4.69) is 27.6 Å². The molecule has 2 aromatic heterocycles. The lowest BCUT2D eigenvalue weighted by molar-refractivity contribution is -0.0100. The maximum absolute atomic E-state index is 12.3. The number of hydrogen-bond acceptors (Lipinski definition) is 7. The van der Waals surface area contributed by atoms with Crippen LogP contribution in [0.4, 0.5) is 22.0 Å². The fourth-order valence-corrected chi connectivity index (χ4v) is 4.31. The predicted octanol–water partition coefficient (Wildman–Crippen LogP) is 3.51. The first kappa shape index (κ1) is 22.3. The van der Waals surface area contributed by atoms with Crippen molar-refractivity contribution in [2.75, 3.05) is 35.3 Å². The van der Waals surface area contributed by atoms with Crippen LogP contribution in [-0.4, -0.2) is 51.6 Å². The minimum absolute atomic E-state index is 0.217. The van der Waals surface area contributed by atoms with Gasteiger partial charge in [0.1, 0.15) is 11.4 Å². The average molecular weight is 464 g/mol. The molecule has 4 heterocycles. The average Bonchev–Trinajstić information content (AvgIpc) is 3.36. The Morgan fingerprint density at radius 2 is 1.91 bits per heavy atom. The Hall–Kier alpha value is -3.50. The van der Waals surface area contributed by atoms with Gasteiger partial charge in [-0.15, -0.1) is 0 Å². The molecule has 0 bridgehead atoms. The molecule has 1 saturated heterocycles. The lowest BCUT2D eigenvalue weighted by Gasteiger charge is -2.35. The van der Waals surface area contributed by atoms with Crippen molar-refractivity contribution in [2.24, 2.45) is 7.05 Å². The van der Waals surface area contributed by atoms with Gasteiger partial charge in [-0.1, -0.05) is 0 Å². The molecule has 2 aliphatic rings. The summed E-state index contributed by atoms with van der Waals surface area (Å²) in [5.74, 6) is 1.55. The van der Waals surface area contributed by atoms with E-state index in [9.17, 15) is 4.79 Å². The second-order valence-electron chi connectivity index (χ2n) is 9.17. The van der Waals surface area contributed by atoms with Crippen molar-refractivity contribution in [3.05, 3.63) is 47.9 Å². The Morgan fingerprint density at radius 1 is 1.15 bits per heavy atom. The molecular formula is C24H29N7O3. The molecular weight excluding hydrogens is 434 g/mol. The molecule has 10 heteroatoms. The Morgan fingerprint density at radius 3 is 2.62 bits per heavy atom. The second-order valence-corrected chi connectivity index (χ2v) is 9.17. The Balaban J connectivity index is 1.41. The number of carbonyl (C=O) groups excluding carboxylic acids is 1. The summed E-state index contributed by atoms with van der Waals surface area (Å²) in [4.78, 5) is 24.4. The molecule has 5 rings (SSSR count). The summed E-state index contributed by atoms with van der Waals surface area (Å²) in [6, 6.07) is 7.39. The highest BCUT2D eigenvalue weighted by atomic mass is 16.5. The highest BCUT2D eigenvalue weighted by Gasteiger charge is 2.38. The third-order valence-corrected chi connectivity index (χ3v) is 6.14. The quantitative estimate of drug-likeness (QED) is 0.610. The van der Waals surface area contributed by atoms with Gasteiger partial charge in [-0.05, 0) is 45.0 Å². The minimum atomic E-state index is -0.483. The fourth-order valence-electron chi connectivity index (χ4n) is 4.31. The van der Waals surface area contributed by atoms with Gasteiger partial charge in [0, 0.05) is 36.6 Å². The number of ether oxygens (including phenoxy) is 2. The zero-order valence-corrected chi connectivity index (χ0v) is 19.8. The number of urea groups is 1. The third-order valence-electron chi connectivity index (χ3n) is 6.14. The molecule has 0 aliphatic carbocycles. The lowest BCUT2D eigenvalue weighted by atomic mass is 10.0. The third kappa shape index (κ3) is 4.34. The predicted molar refractivity (Wildman–Crippen MR) is 129 cm³/mol. The topological polar surface area (TPSA) is 106 Å². The van der Waals surface area contributed by atoms with Crippen LogP contribution >= 0.6 is 0 Å². The van der Waals surface area contributed by atoms with E-state index in [1.54, 1.807) is 24.1 Å². The van der Waals surface area contributed by atoms with Crippen LogP contribution in [0.2, 0.25) is 0 Å². The maximum atomic E-state index is 12.3. The molecule has 2 N–H and O–H groups in total. The lowest BCUT2D eigenvalue weighted by Crippen LogP contribution is -2.44. The maximum Gasteiger partial charge on any atom is 0.323 e. The molecule has 1 atom stereocenters. The van der Waals surface area contributed by atoms with Gasteiger partial charge in [0.15, 0.2) is 5.82 Å².